The van der Waals surface area contributed by atoms with E-state index in [1.54, 1.807) is 42.5 Å². The second-order valence-corrected chi connectivity index (χ2v) is 7.74. The Morgan fingerprint density at radius 2 is 1.35 bits per heavy atom. The first-order valence-corrected chi connectivity index (χ1v) is 10.6. The van der Waals surface area contributed by atoms with Crippen molar-refractivity contribution in [3.8, 4) is 5.75 Å². The summed E-state index contributed by atoms with van der Waals surface area (Å²) in [4.78, 5) is 26.8. The molecule has 0 saturated carbocycles. The van der Waals surface area contributed by atoms with E-state index in [-0.39, 0.29) is 17.7 Å². The van der Waals surface area contributed by atoms with Crippen molar-refractivity contribution < 1.29 is 33.6 Å². The highest BCUT2D eigenvalue weighted by Crippen LogP contribution is 2.46. The Labute approximate surface area is 198 Å². The molecule has 0 unspecified atom stereocenters. The van der Waals surface area contributed by atoms with Crippen LogP contribution < -0.4 is 4.74 Å². The van der Waals surface area contributed by atoms with Crippen molar-refractivity contribution in [2.24, 2.45) is 0 Å². The van der Waals surface area contributed by atoms with E-state index in [0.717, 1.165) is 18.2 Å². The van der Waals surface area contributed by atoms with Crippen molar-refractivity contribution in [3.63, 3.8) is 0 Å². The SMILES string of the molecule is COC(=O)[C@@](O)(c1ccccc1)[C@](OCc1ccc(C)cc1)(C(=O)OC)c1ccc(OC)cc1. The van der Waals surface area contributed by atoms with Gasteiger partial charge in [0.1, 0.15) is 5.75 Å². The van der Waals surface area contributed by atoms with E-state index in [1.165, 1.54) is 26.4 Å². The summed E-state index contributed by atoms with van der Waals surface area (Å²) >= 11 is 0. The zero-order chi connectivity index (χ0) is 24.8. The van der Waals surface area contributed by atoms with Gasteiger partial charge in [0.05, 0.1) is 27.9 Å². The van der Waals surface area contributed by atoms with Crippen LogP contribution in [0.15, 0.2) is 78.9 Å². The molecule has 2 atom stereocenters. The van der Waals surface area contributed by atoms with Gasteiger partial charge < -0.3 is 24.1 Å². The molecule has 7 heteroatoms. The summed E-state index contributed by atoms with van der Waals surface area (Å²) in [7, 11) is 3.80. The summed E-state index contributed by atoms with van der Waals surface area (Å²) in [6, 6.07) is 21.8. The summed E-state index contributed by atoms with van der Waals surface area (Å²) in [6.45, 7) is 1.85. The third kappa shape index (κ3) is 4.40. The quantitative estimate of drug-likeness (QED) is 0.484. The highest BCUT2D eigenvalue weighted by atomic mass is 16.6. The molecule has 0 heterocycles. The molecule has 0 bridgehead atoms. The summed E-state index contributed by atoms with van der Waals surface area (Å²) in [6.07, 6.45) is 0. The van der Waals surface area contributed by atoms with E-state index < -0.39 is 23.1 Å². The lowest BCUT2D eigenvalue weighted by molar-refractivity contribution is -0.232. The predicted molar refractivity (Wildman–Crippen MR) is 125 cm³/mol. The van der Waals surface area contributed by atoms with Crippen molar-refractivity contribution in [3.05, 3.63) is 101 Å². The number of methoxy groups -OCH3 is 3. The first-order valence-electron chi connectivity index (χ1n) is 10.6. The second-order valence-electron chi connectivity index (χ2n) is 7.74. The molecular weight excluding hydrogens is 436 g/mol. The van der Waals surface area contributed by atoms with Crippen molar-refractivity contribution in [1.29, 1.82) is 0 Å². The highest BCUT2D eigenvalue weighted by Gasteiger charge is 2.66. The van der Waals surface area contributed by atoms with Gasteiger partial charge in [-0.15, -0.1) is 0 Å². The number of esters is 2. The standard InChI is InChI=1S/C27H28O7/c1-19-10-12-20(13-11-19)18-34-27(25(29)33-4,22-14-16-23(31-2)17-15-22)26(30,24(28)32-3)21-8-6-5-7-9-21/h5-17,30H,18H2,1-4H3/t26-,27+/m0/s1. The molecule has 34 heavy (non-hydrogen) atoms. The van der Waals surface area contributed by atoms with Crippen LogP contribution in [-0.4, -0.2) is 38.4 Å². The number of hydrogen-bond donors (Lipinski definition) is 1. The van der Waals surface area contributed by atoms with E-state index in [0.29, 0.717) is 5.75 Å². The van der Waals surface area contributed by atoms with Crippen LogP contribution in [0.1, 0.15) is 22.3 Å². The lowest BCUT2D eigenvalue weighted by Gasteiger charge is -2.43. The summed E-state index contributed by atoms with van der Waals surface area (Å²) in [5, 5.41) is 12.1. The van der Waals surface area contributed by atoms with E-state index in [4.69, 9.17) is 18.9 Å². The maximum atomic E-state index is 13.6. The fourth-order valence-corrected chi connectivity index (χ4v) is 3.86. The van der Waals surface area contributed by atoms with Crippen LogP contribution in [0.4, 0.5) is 0 Å². The number of aryl methyl sites for hydroxylation is 1. The Morgan fingerprint density at radius 3 is 1.88 bits per heavy atom. The fraction of sp³-hybridized carbons (Fsp3) is 0.259. The molecule has 3 aromatic carbocycles. The number of ether oxygens (including phenoxy) is 4. The maximum Gasteiger partial charge on any atom is 0.347 e. The average molecular weight is 465 g/mol. The molecule has 0 aliphatic carbocycles. The van der Waals surface area contributed by atoms with Crippen LogP contribution in [0.3, 0.4) is 0 Å². The van der Waals surface area contributed by atoms with Gasteiger partial charge in [-0.05, 0) is 35.7 Å². The average Bonchev–Trinajstić information content (AvgIpc) is 2.89. The Kier molecular flexibility index (Phi) is 7.71. The van der Waals surface area contributed by atoms with Gasteiger partial charge in [0.15, 0.2) is 0 Å². The van der Waals surface area contributed by atoms with Crippen LogP contribution in [0, 0.1) is 6.92 Å². The number of benzene rings is 3. The molecule has 0 fully saturated rings. The molecule has 0 aromatic heterocycles. The number of aliphatic hydroxyl groups is 1. The van der Waals surface area contributed by atoms with Crippen LogP contribution in [0.2, 0.25) is 0 Å². The van der Waals surface area contributed by atoms with Crippen molar-refractivity contribution in [1.82, 2.24) is 0 Å². The summed E-state index contributed by atoms with van der Waals surface area (Å²) in [5.74, 6) is -1.53. The Bertz CT molecular complexity index is 1110. The van der Waals surface area contributed by atoms with E-state index >= 15 is 0 Å². The Hall–Kier alpha value is -3.68. The zero-order valence-corrected chi connectivity index (χ0v) is 19.6. The lowest BCUT2D eigenvalue weighted by atomic mass is 9.72. The monoisotopic (exact) mass is 464 g/mol. The largest absolute Gasteiger partial charge is 0.497 e. The molecule has 3 aromatic rings. The second kappa shape index (κ2) is 10.5. The smallest absolute Gasteiger partial charge is 0.347 e. The van der Waals surface area contributed by atoms with Gasteiger partial charge in [-0.1, -0.05) is 72.3 Å². The zero-order valence-electron chi connectivity index (χ0n) is 19.6. The van der Waals surface area contributed by atoms with Crippen molar-refractivity contribution in [2.75, 3.05) is 21.3 Å². The van der Waals surface area contributed by atoms with E-state index in [2.05, 4.69) is 0 Å². The molecule has 0 saturated heterocycles. The molecule has 178 valence electrons. The van der Waals surface area contributed by atoms with Crippen LogP contribution in [0.25, 0.3) is 0 Å². The topological polar surface area (TPSA) is 91.3 Å². The maximum absolute atomic E-state index is 13.6. The van der Waals surface area contributed by atoms with Crippen LogP contribution >= 0.6 is 0 Å². The third-order valence-corrected chi connectivity index (χ3v) is 5.73. The molecule has 0 aliphatic rings. The first kappa shape index (κ1) is 25.0. The molecule has 3 rings (SSSR count). The Morgan fingerprint density at radius 1 is 0.765 bits per heavy atom. The van der Waals surface area contributed by atoms with Crippen LogP contribution in [0.5, 0.6) is 5.75 Å². The van der Waals surface area contributed by atoms with Crippen molar-refractivity contribution in [2.45, 2.75) is 24.7 Å². The number of carbonyl (C=O) groups is 2. The van der Waals surface area contributed by atoms with Gasteiger partial charge in [0.25, 0.3) is 0 Å². The minimum Gasteiger partial charge on any atom is -0.497 e. The first-order chi connectivity index (χ1) is 16.3. The molecule has 0 radical (unpaired) electrons. The Balaban J connectivity index is 2.30. The normalized spacial score (nSPS) is 14.4. The molecule has 0 spiro atoms. The van der Waals surface area contributed by atoms with Crippen molar-refractivity contribution >= 4 is 11.9 Å². The van der Waals surface area contributed by atoms with Gasteiger partial charge >= 0.3 is 11.9 Å². The molecule has 0 aliphatic heterocycles. The van der Waals surface area contributed by atoms with E-state index in [1.807, 2.05) is 31.2 Å². The van der Waals surface area contributed by atoms with Gasteiger partial charge in [-0.3, -0.25) is 0 Å². The van der Waals surface area contributed by atoms with Crippen LogP contribution in [-0.2, 0) is 41.6 Å². The highest BCUT2D eigenvalue weighted by molar-refractivity contribution is 5.94. The summed E-state index contributed by atoms with van der Waals surface area (Å²) in [5.41, 5.74) is -2.83. The minimum atomic E-state index is -2.59. The third-order valence-electron chi connectivity index (χ3n) is 5.73. The van der Waals surface area contributed by atoms with Gasteiger partial charge in [0, 0.05) is 0 Å². The van der Waals surface area contributed by atoms with Gasteiger partial charge in [-0.2, -0.15) is 0 Å². The lowest BCUT2D eigenvalue weighted by Crippen LogP contribution is -2.61. The molecule has 7 nitrogen and oxygen atoms in total. The molecule has 1 N–H and O–H groups in total. The number of hydrogen-bond acceptors (Lipinski definition) is 7. The van der Waals surface area contributed by atoms with Gasteiger partial charge in [0.2, 0.25) is 11.2 Å². The fourth-order valence-electron chi connectivity index (χ4n) is 3.86. The minimum absolute atomic E-state index is 0.104. The molecular formula is C27H28O7. The van der Waals surface area contributed by atoms with E-state index in [9.17, 15) is 14.7 Å². The van der Waals surface area contributed by atoms with Gasteiger partial charge in [-0.25, -0.2) is 9.59 Å². The molecule has 0 amide bonds. The number of carbonyl (C=O) groups excluding carboxylic acids is 2. The predicted octanol–water partition coefficient (Wildman–Crippen LogP) is 3.65. The summed E-state index contributed by atoms with van der Waals surface area (Å²) < 4.78 is 21.6. The number of rotatable bonds is 9.